The third-order valence-electron chi connectivity index (χ3n) is 5.26. The molecule has 0 radical (unpaired) electrons. The van der Waals surface area contributed by atoms with Gasteiger partial charge in [-0.2, -0.15) is 0 Å². The van der Waals surface area contributed by atoms with Crippen LogP contribution in [-0.2, 0) is 4.74 Å². The number of aliphatic hydroxyl groups excluding tert-OH is 1. The maximum Gasteiger partial charge on any atom is 0.416 e. The Labute approximate surface area is 168 Å². The van der Waals surface area contributed by atoms with Crippen molar-refractivity contribution in [3.63, 3.8) is 0 Å². The van der Waals surface area contributed by atoms with Crippen LogP contribution in [0.15, 0.2) is 54.6 Å². The lowest BCUT2D eigenvalue weighted by Crippen LogP contribution is -2.50. The van der Waals surface area contributed by atoms with Gasteiger partial charge in [-0.25, -0.2) is 4.79 Å². The van der Waals surface area contributed by atoms with Crippen LogP contribution in [0.2, 0.25) is 0 Å². The highest BCUT2D eigenvalue weighted by atomic mass is 16.6. The van der Waals surface area contributed by atoms with Crippen LogP contribution >= 0.6 is 0 Å². The van der Waals surface area contributed by atoms with Gasteiger partial charge in [0.2, 0.25) is 0 Å². The second kappa shape index (κ2) is 8.36. The Morgan fingerprint density at radius 3 is 2.36 bits per heavy atom. The van der Waals surface area contributed by atoms with Crippen molar-refractivity contribution >= 4 is 11.8 Å². The molecule has 3 atom stereocenters. The first kappa shape index (κ1) is 20.4. The lowest BCUT2D eigenvalue weighted by molar-refractivity contribution is 0.0402. The highest BCUT2D eigenvalue weighted by Crippen LogP contribution is 2.48. The van der Waals surface area contributed by atoms with E-state index in [1.54, 1.807) is 0 Å². The summed E-state index contributed by atoms with van der Waals surface area (Å²) in [5.41, 5.74) is 2.25. The van der Waals surface area contributed by atoms with Gasteiger partial charge in [0, 0.05) is 5.92 Å². The summed E-state index contributed by atoms with van der Waals surface area (Å²) in [4.78, 5) is 14.5. The number of para-hydroxylation sites is 1. The van der Waals surface area contributed by atoms with Crippen LogP contribution in [-0.4, -0.2) is 23.0 Å². The summed E-state index contributed by atoms with van der Waals surface area (Å²) in [6.07, 6.45) is 1.64. The third-order valence-corrected chi connectivity index (χ3v) is 5.26. The van der Waals surface area contributed by atoms with E-state index in [4.69, 9.17) is 4.74 Å². The fraction of sp³-hybridized carbons (Fsp3) is 0.458. The van der Waals surface area contributed by atoms with Crippen molar-refractivity contribution in [2.45, 2.75) is 70.6 Å². The molecule has 0 spiro atoms. The number of aliphatic hydroxyl groups is 1. The van der Waals surface area contributed by atoms with E-state index >= 15 is 0 Å². The molecule has 1 aliphatic rings. The van der Waals surface area contributed by atoms with Crippen molar-refractivity contribution in [1.29, 1.82) is 0 Å². The summed E-state index contributed by atoms with van der Waals surface area (Å²) in [6, 6.07) is 17.9. The summed E-state index contributed by atoms with van der Waals surface area (Å²) in [7, 11) is 0. The van der Waals surface area contributed by atoms with Crippen LogP contribution in [0.5, 0.6) is 0 Å². The molecule has 2 aromatic rings. The number of ether oxygens (including phenoxy) is 1. The molecule has 1 heterocycles. The normalized spacial score (nSPS) is 21.9. The Morgan fingerprint density at radius 1 is 1.07 bits per heavy atom. The Bertz CT molecular complexity index is 797. The maximum absolute atomic E-state index is 13.0. The number of amides is 1. The highest BCUT2D eigenvalue weighted by molar-refractivity contribution is 5.90. The lowest BCUT2D eigenvalue weighted by atomic mass is 9.74. The second-order valence-electron chi connectivity index (χ2n) is 8.51. The van der Waals surface area contributed by atoms with Crippen LogP contribution < -0.4 is 4.90 Å². The molecular formula is C24H31NO3. The molecule has 1 N–H and O–H groups in total. The molecule has 1 amide bonds. The zero-order valence-corrected chi connectivity index (χ0v) is 17.3. The van der Waals surface area contributed by atoms with Crippen molar-refractivity contribution in [3.05, 3.63) is 65.7 Å². The predicted octanol–water partition coefficient (Wildman–Crippen LogP) is 5.82. The number of hydrogen-bond acceptors (Lipinski definition) is 3. The smallest absolute Gasteiger partial charge is 0.416 e. The quantitative estimate of drug-likeness (QED) is 0.726. The van der Waals surface area contributed by atoms with Crippen molar-refractivity contribution in [2.75, 3.05) is 4.90 Å². The number of carbonyl (C=O) groups excluding carboxylic acids is 1. The molecule has 150 valence electrons. The molecule has 28 heavy (non-hydrogen) atoms. The van der Waals surface area contributed by atoms with Crippen molar-refractivity contribution in [2.24, 2.45) is 0 Å². The Balaban J connectivity index is 2.10. The van der Waals surface area contributed by atoms with Gasteiger partial charge >= 0.3 is 6.09 Å². The third kappa shape index (κ3) is 4.22. The number of unbranched alkanes of at least 4 members (excludes halogenated alkanes) is 1. The number of hydrogen-bond donors (Lipinski definition) is 1. The van der Waals surface area contributed by atoms with Crippen LogP contribution in [0.1, 0.15) is 69.9 Å². The molecule has 0 saturated heterocycles. The Kier molecular flexibility index (Phi) is 6.09. The Morgan fingerprint density at radius 2 is 1.71 bits per heavy atom. The largest absolute Gasteiger partial charge is 0.443 e. The SMILES string of the molecule is CCCCC1c2ccccc2N(C(=O)OC(C)(C)C)C(O)C1c1ccccc1. The van der Waals surface area contributed by atoms with E-state index in [1.807, 2.05) is 69.3 Å². The van der Waals surface area contributed by atoms with E-state index in [9.17, 15) is 9.90 Å². The number of rotatable bonds is 4. The van der Waals surface area contributed by atoms with Gasteiger partial charge in [0.1, 0.15) is 11.8 Å². The summed E-state index contributed by atoms with van der Waals surface area (Å²) in [6.45, 7) is 7.69. The van der Waals surface area contributed by atoms with E-state index in [1.165, 1.54) is 4.90 Å². The molecule has 3 unspecified atom stereocenters. The van der Waals surface area contributed by atoms with Gasteiger partial charge in [0.25, 0.3) is 0 Å². The first-order chi connectivity index (χ1) is 13.3. The molecule has 2 aromatic carbocycles. The molecule has 0 aliphatic carbocycles. The molecule has 4 nitrogen and oxygen atoms in total. The zero-order valence-electron chi connectivity index (χ0n) is 17.3. The molecule has 0 bridgehead atoms. The molecular weight excluding hydrogens is 350 g/mol. The van der Waals surface area contributed by atoms with Gasteiger partial charge in [0.15, 0.2) is 0 Å². The fourth-order valence-electron chi connectivity index (χ4n) is 4.08. The second-order valence-corrected chi connectivity index (χ2v) is 8.51. The molecule has 0 aromatic heterocycles. The van der Waals surface area contributed by atoms with Gasteiger partial charge in [-0.3, -0.25) is 4.90 Å². The van der Waals surface area contributed by atoms with E-state index in [0.29, 0.717) is 0 Å². The summed E-state index contributed by atoms with van der Waals surface area (Å²) in [5, 5.41) is 11.4. The fourth-order valence-corrected chi connectivity index (χ4v) is 4.08. The van der Waals surface area contributed by atoms with E-state index < -0.39 is 17.9 Å². The number of anilines is 1. The minimum absolute atomic E-state index is 0.146. The van der Waals surface area contributed by atoms with Gasteiger partial charge in [-0.05, 0) is 50.3 Å². The minimum Gasteiger partial charge on any atom is -0.443 e. The summed E-state index contributed by atoms with van der Waals surface area (Å²) in [5.74, 6) is -0.0533. The van der Waals surface area contributed by atoms with Crippen LogP contribution in [0.25, 0.3) is 0 Å². The Hall–Kier alpha value is -2.33. The minimum atomic E-state index is -0.978. The number of fused-ring (bicyclic) bond motifs is 1. The first-order valence-electron chi connectivity index (χ1n) is 10.2. The van der Waals surface area contributed by atoms with Crippen LogP contribution in [0.3, 0.4) is 0 Å². The zero-order chi connectivity index (χ0) is 20.3. The van der Waals surface area contributed by atoms with Crippen LogP contribution in [0.4, 0.5) is 10.5 Å². The monoisotopic (exact) mass is 381 g/mol. The highest BCUT2D eigenvalue weighted by Gasteiger charge is 2.44. The topological polar surface area (TPSA) is 49.8 Å². The lowest BCUT2D eigenvalue weighted by Gasteiger charge is -2.44. The van der Waals surface area contributed by atoms with Crippen molar-refractivity contribution in [1.82, 2.24) is 0 Å². The molecule has 3 rings (SSSR count). The van der Waals surface area contributed by atoms with Gasteiger partial charge in [-0.15, -0.1) is 0 Å². The average molecular weight is 382 g/mol. The number of carbonyl (C=O) groups is 1. The molecule has 0 saturated carbocycles. The van der Waals surface area contributed by atoms with E-state index in [0.717, 1.165) is 36.1 Å². The van der Waals surface area contributed by atoms with E-state index in [-0.39, 0.29) is 11.8 Å². The molecule has 0 fully saturated rings. The van der Waals surface area contributed by atoms with Crippen LogP contribution in [0, 0.1) is 0 Å². The van der Waals surface area contributed by atoms with E-state index in [2.05, 4.69) is 13.0 Å². The predicted molar refractivity (Wildman–Crippen MR) is 113 cm³/mol. The van der Waals surface area contributed by atoms with Crippen molar-refractivity contribution in [3.8, 4) is 0 Å². The maximum atomic E-state index is 13.0. The van der Waals surface area contributed by atoms with Gasteiger partial charge < -0.3 is 9.84 Å². The van der Waals surface area contributed by atoms with Gasteiger partial charge in [0.05, 0.1) is 5.69 Å². The molecule has 4 heteroatoms. The molecule has 1 aliphatic heterocycles. The van der Waals surface area contributed by atoms with Gasteiger partial charge in [-0.1, -0.05) is 68.3 Å². The average Bonchev–Trinajstić information content (AvgIpc) is 2.65. The summed E-state index contributed by atoms with van der Waals surface area (Å²) >= 11 is 0. The number of nitrogens with zero attached hydrogens (tertiary/aromatic N) is 1. The number of benzene rings is 2. The summed E-state index contributed by atoms with van der Waals surface area (Å²) < 4.78 is 5.63. The first-order valence-corrected chi connectivity index (χ1v) is 10.2. The standard InChI is InChI=1S/C24H31NO3/c1-5-6-14-19-18-15-10-11-16-20(18)25(23(27)28-24(2,3)4)22(26)21(19)17-12-8-7-9-13-17/h7-13,15-16,19,21-22,26H,5-6,14H2,1-4H3. The van der Waals surface area contributed by atoms with Crippen molar-refractivity contribution < 1.29 is 14.6 Å².